The number of carbonyl (C=O) groups is 6. The molecule has 320 valence electrons. The fourth-order valence-corrected chi connectivity index (χ4v) is 6.21. The van der Waals surface area contributed by atoms with E-state index in [0.29, 0.717) is 26.2 Å². The number of nitrogens with zero attached hydrogens (tertiary/aromatic N) is 4. The normalized spacial score (nSPS) is 10.9. The van der Waals surface area contributed by atoms with Crippen molar-refractivity contribution in [1.29, 1.82) is 0 Å². The molecule has 0 spiro atoms. The van der Waals surface area contributed by atoms with Crippen LogP contribution in [0, 0.1) is 0 Å². The van der Waals surface area contributed by atoms with Gasteiger partial charge in [0.05, 0.1) is 39.6 Å². The van der Waals surface area contributed by atoms with Crippen molar-refractivity contribution in [2.24, 2.45) is 0 Å². The molecule has 4 N–H and O–H groups in total. The number of esters is 2. The molecular formula is C38H44N8O12S2. The average molecular weight is 869 g/mol. The summed E-state index contributed by atoms with van der Waals surface area (Å²) in [5.41, 5.74) is 0.275. The number of likely N-dealkylation sites (N-methyl/N-ethyl adjacent to an activating group) is 2. The molecule has 0 atom stereocenters. The van der Waals surface area contributed by atoms with Gasteiger partial charge in [-0.05, 0) is 28.2 Å². The van der Waals surface area contributed by atoms with Crippen molar-refractivity contribution in [2.45, 2.75) is 0 Å². The number of ether oxygens (including phenoxy) is 6. The predicted molar refractivity (Wildman–Crippen MR) is 221 cm³/mol. The lowest BCUT2D eigenvalue weighted by atomic mass is 10.1. The fourth-order valence-electron chi connectivity index (χ4n) is 4.84. The maximum Gasteiger partial charge on any atom is 0.336 e. The summed E-state index contributed by atoms with van der Waals surface area (Å²) in [6, 6.07) is 5.05. The Balaban J connectivity index is 1.39. The van der Waals surface area contributed by atoms with E-state index in [1.54, 1.807) is 0 Å². The number of thiazole rings is 2. The molecule has 0 bridgehead atoms. The molecule has 4 amide bonds. The van der Waals surface area contributed by atoms with Crippen LogP contribution in [0.4, 0.5) is 10.3 Å². The van der Waals surface area contributed by atoms with Crippen molar-refractivity contribution < 1.29 is 57.2 Å². The van der Waals surface area contributed by atoms with E-state index in [1.807, 2.05) is 38.0 Å². The molecule has 20 nitrogen and oxygen atoms in total. The van der Waals surface area contributed by atoms with Crippen LogP contribution in [0.25, 0.3) is 0 Å². The number of methoxy groups -OCH3 is 4. The molecule has 0 saturated heterocycles. The van der Waals surface area contributed by atoms with E-state index in [1.165, 1.54) is 63.5 Å². The van der Waals surface area contributed by atoms with Gasteiger partial charge in [0.2, 0.25) is 0 Å². The van der Waals surface area contributed by atoms with E-state index >= 15 is 0 Å². The lowest BCUT2D eigenvalue weighted by Gasteiger charge is -2.14. The number of nitrogens with one attached hydrogen (secondary N) is 4. The molecule has 0 radical (unpaired) electrons. The quantitative estimate of drug-likeness (QED) is 0.0568. The van der Waals surface area contributed by atoms with Gasteiger partial charge in [-0.3, -0.25) is 29.8 Å². The molecular weight excluding hydrogens is 825 g/mol. The lowest BCUT2D eigenvalue weighted by Crippen LogP contribution is -2.31. The fraction of sp³-hybridized carbons (Fsp3) is 0.316. The summed E-state index contributed by atoms with van der Waals surface area (Å²) in [5.74, 6) is -4.43. The van der Waals surface area contributed by atoms with Gasteiger partial charge in [0.15, 0.2) is 33.3 Å². The molecule has 0 fully saturated rings. The number of amides is 4. The Labute approximate surface area is 352 Å². The van der Waals surface area contributed by atoms with Gasteiger partial charge in [-0.2, -0.15) is 0 Å². The lowest BCUT2D eigenvalue weighted by molar-refractivity contribution is -0.131. The van der Waals surface area contributed by atoms with Gasteiger partial charge >= 0.3 is 11.9 Å². The molecule has 4 aromatic rings. The van der Waals surface area contributed by atoms with E-state index < -0.39 is 23.8 Å². The van der Waals surface area contributed by atoms with Crippen molar-refractivity contribution in [3.63, 3.8) is 0 Å². The largest absolute Gasteiger partial charge is 0.496 e. The van der Waals surface area contributed by atoms with Crippen LogP contribution in [-0.2, 0) is 9.59 Å². The third-order valence-corrected chi connectivity index (χ3v) is 9.36. The third-order valence-electron chi connectivity index (χ3n) is 7.84. The van der Waals surface area contributed by atoms with E-state index in [2.05, 4.69) is 31.2 Å². The van der Waals surface area contributed by atoms with Crippen LogP contribution < -0.4 is 49.7 Å². The Morgan fingerprint density at radius 2 is 0.917 bits per heavy atom. The zero-order chi connectivity index (χ0) is 43.9. The topological polar surface area (TPSA) is 238 Å². The second kappa shape index (κ2) is 21.9. The number of benzene rings is 2. The van der Waals surface area contributed by atoms with E-state index in [4.69, 9.17) is 28.4 Å². The standard InChI is InChI=1S/C38H44N8O12S2/c1-45(2)13-11-39-35(51)23-19-59-37(41-23)43-33(49)21-15-27(55-7)29(17-25(21)53-5)57-31(47)9-10-32(48)58-30-18-26(54-6)22(16-28(30)56-8)34(50)44-38-42-24(20-60-38)36(52)40-12-14-46(3)4/h9-10,15-20H,11-14H2,1-8H3,(H,39,51)(H,40,52)(H,41,43,49)(H,42,44,50)/b10-9-. The van der Waals surface area contributed by atoms with Crippen molar-refractivity contribution in [3.05, 3.63) is 69.7 Å². The Morgan fingerprint density at radius 1 is 0.550 bits per heavy atom. The first-order valence-corrected chi connectivity index (χ1v) is 19.4. The van der Waals surface area contributed by atoms with Crippen LogP contribution in [-0.4, -0.2) is 138 Å². The Kier molecular flexibility index (Phi) is 16.9. The van der Waals surface area contributed by atoms with Crippen molar-refractivity contribution in [1.82, 2.24) is 30.4 Å². The van der Waals surface area contributed by atoms with E-state index in [-0.39, 0.29) is 79.1 Å². The molecule has 0 aliphatic heterocycles. The molecule has 0 unspecified atom stereocenters. The van der Waals surface area contributed by atoms with Gasteiger partial charge in [0, 0.05) is 73.4 Å². The first-order chi connectivity index (χ1) is 28.6. The van der Waals surface area contributed by atoms with E-state index in [9.17, 15) is 28.8 Å². The van der Waals surface area contributed by atoms with Crippen LogP contribution in [0.2, 0.25) is 0 Å². The zero-order valence-electron chi connectivity index (χ0n) is 34.0. The zero-order valence-corrected chi connectivity index (χ0v) is 35.6. The summed E-state index contributed by atoms with van der Waals surface area (Å²) < 4.78 is 32.2. The first kappa shape index (κ1) is 46.1. The van der Waals surface area contributed by atoms with Crippen LogP contribution in [0.15, 0.2) is 47.2 Å². The monoisotopic (exact) mass is 868 g/mol. The van der Waals surface area contributed by atoms with Crippen LogP contribution in [0.3, 0.4) is 0 Å². The smallest absolute Gasteiger partial charge is 0.336 e. The molecule has 60 heavy (non-hydrogen) atoms. The highest BCUT2D eigenvalue weighted by Crippen LogP contribution is 2.37. The molecule has 22 heteroatoms. The second-order valence-electron chi connectivity index (χ2n) is 12.7. The third kappa shape index (κ3) is 12.9. The molecule has 0 saturated carbocycles. The maximum absolute atomic E-state index is 13.2. The number of carbonyl (C=O) groups excluding carboxylic acids is 6. The molecule has 0 aliphatic carbocycles. The Hall–Kier alpha value is -6.62. The van der Waals surface area contributed by atoms with Gasteiger partial charge in [0.1, 0.15) is 22.9 Å². The highest BCUT2D eigenvalue weighted by atomic mass is 32.1. The summed E-state index contributed by atoms with van der Waals surface area (Å²) in [5, 5.41) is 14.1. The number of hydrogen-bond donors (Lipinski definition) is 4. The first-order valence-electron chi connectivity index (χ1n) is 17.7. The Morgan fingerprint density at radius 3 is 1.25 bits per heavy atom. The predicted octanol–water partition coefficient (Wildman–Crippen LogP) is 2.79. The van der Waals surface area contributed by atoms with Crippen molar-refractivity contribution in [3.8, 4) is 34.5 Å². The summed E-state index contributed by atoms with van der Waals surface area (Å²) in [7, 11) is 12.7. The van der Waals surface area contributed by atoms with Crippen LogP contribution in [0.1, 0.15) is 41.7 Å². The highest BCUT2D eigenvalue weighted by molar-refractivity contribution is 7.14. The highest BCUT2D eigenvalue weighted by Gasteiger charge is 2.23. The number of rotatable bonds is 20. The maximum atomic E-state index is 13.2. The molecule has 0 aliphatic rings. The van der Waals surface area contributed by atoms with Crippen LogP contribution >= 0.6 is 22.7 Å². The van der Waals surface area contributed by atoms with Gasteiger partial charge < -0.3 is 48.9 Å². The minimum atomic E-state index is -1.02. The summed E-state index contributed by atoms with van der Waals surface area (Å²) in [4.78, 5) is 89.0. The molecule has 2 heterocycles. The minimum absolute atomic E-state index is 0.00125. The van der Waals surface area contributed by atoms with Gasteiger partial charge in [-0.1, -0.05) is 0 Å². The van der Waals surface area contributed by atoms with Crippen molar-refractivity contribution >= 4 is 68.5 Å². The van der Waals surface area contributed by atoms with Gasteiger partial charge in [0.25, 0.3) is 23.6 Å². The number of anilines is 2. The minimum Gasteiger partial charge on any atom is -0.496 e. The van der Waals surface area contributed by atoms with Crippen molar-refractivity contribution in [2.75, 3.05) is 93.4 Å². The summed E-state index contributed by atoms with van der Waals surface area (Å²) >= 11 is 2.10. The molecule has 2 aromatic carbocycles. The Bertz CT molecular complexity index is 2080. The average Bonchev–Trinajstić information content (AvgIpc) is 3.89. The molecule has 4 rings (SSSR count). The summed E-state index contributed by atoms with van der Waals surface area (Å²) in [6.07, 6.45) is 1.59. The number of hydrogen-bond acceptors (Lipinski definition) is 18. The second-order valence-corrected chi connectivity index (χ2v) is 14.4. The van der Waals surface area contributed by atoms with Gasteiger partial charge in [-0.25, -0.2) is 19.6 Å². The SMILES string of the molecule is COc1cc(C(=O)Nc2nc(C(=O)NCCN(C)C)cs2)c(OC)cc1OC(=O)/C=C\C(=O)Oc1cc(OC)c(C(=O)Nc2nc(C(=O)NCCN(C)C)cs2)cc1OC. The van der Waals surface area contributed by atoms with Gasteiger partial charge in [-0.15, -0.1) is 22.7 Å². The van der Waals surface area contributed by atoms with E-state index in [0.717, 1.165) is 34.8 Å². The van der Waals surface area contributed by atoms with Crippen LogP contribution in [0.5, 0.6) is 34.5 Å². The number of aromatic nitrogens is 2. The summed E-state index contributed by atoms with van der Waals surface area (Å²) in [6.45, 7) is 2.11. The molecule has 2 aromatic heterocycles.